The number of nitro groups is 1. The predicted octanol–water partition coefficient (Wildman–Crippen LogP) is 7.12. The van der Waals surface area contributed by atoms with Crippen molar-refractivity contribution in [2.75, 3.05) is 60.0 Å². The van der Waals surface area contributed by atoms with E-state index < -0.39 is 28.8 Å². The number of carbonyl (C=O) groups excluding carboxylic acids is 1. The minimum Gasteiger partial charge on any atom is -0.492 e. The van der Waals surface area contributed by atoms with Crippen LogP contribution in [-0.2, 0) is 27.5 Å². The summed E-state index contributed by atoms with van der Waals surface area (Å²) in [4.78, 5) is 35.4. The number of carbonyl (C=O) groups is 1. The molecule has 16 heteroatoms. The average molecular weight is 883 g/mol. The summed E-state index contributed by atoms with van der Waals surface area (Å²) >= 11 is 0. The Morgan fingerprint density at radius 2 is 1.75 bits per heavy atom. The van der Waals surface area contributed by atoms with Gasteiger partial charge in [-0.15, -0.1) is 6.58 Å². The quantitative estimate of drug-likeness (QED) is 0.0342. The second-order valence-electron chi connectivity index (χ2n) is 16.9. The second-order valence-corrected chi connectivity index (χ2v) is 16.9. The molecule has 0 bridgehead atoms. The maximum Gasteiger partial charge on any atom is 0.410 e. The van der Waals surface area contributed by atoms with Gasteiger partial charge < -0.3 is 43.5 Å². The first-order valence-corrected chi connectivity index (χ1v) is 22.3. The maximum absolute atomic E-state index is 14.4. The number of methoxy groups -OCH3 is 1. The molecule has 0 spiro atoms. The molecular formula is C48H58N4O12. The zero-order valence-corrected chi connectivity index (χ0v) is 36.3. The fraction of sp³-hybridized carbons (Fsp3) is 0.500. The average Bonchev–Trinajstić information content (AvgIpc) is 4.02. The van der Waals surface area contributed by atoms with Crippen LogP contribution >= 0.6 is 0 Å². The number of oxime groups is 1. The summed E-state index contributed by atoms with van der Waals surface area (Å²) in [5.41, 5.74) is 3.83. The molecule has 64 heavy (non-hydrogen) atoms. The smallest absolute Gasteiger partial charge is 0.410 e. The van der Waals surface area contributed by atoms with Crippen LogP contribution in [0, 0.1) is 27.9 Å². The van der Waals surface area contributed by atoms with Gasteiger partial charge in [0.2, 0.25) is 12.6 Å². The molecule has 0 aromatic heterocycles. The molecule has 1 amide bonds. The van der Waals surface area contributed by atoms with Crippen molar-refractivity contribution in [3.8, 4) is 23.0 Å². The fourth-order valence-corrected chi connectivity index (χ4v) is 9.88. The summed E-state index contributed by atoms with van der Waals surface area (Å²) in [6.07, 6.45) is 7.88. The van der Waals surface area contributed by atoms with Crippen LogP contribution < -0.4 is 18.9 Å². The lowest BCUT2D eigenvalue weighted by atomic mass is 9.55. The molecule has 2 fully saturated rings. The minimum atomic E-state index is -1.51. The van der Waals surface area contributed by atoms with E-state index in [1.165, 1.54) is 19.2 Å². The number of nitrogens with zero attached hydrogens (tertiary/aromatic N) is 4. The van der Waals surface area contributed by atoms with Gasteiger partial charge in [-0.05, 0) is 96.7 Å². The van der Waals surface area contributed by atoms with E-state index in [2.05, 4.69) is 23.6 Å². The summed E-state index contributed by atoms with van der Waals surface area (Å²) in [5, 5.41) is 36.1. The normalized spacial score (nSPS) is 24.5. The molecule has 0 unspecified atom stereocenters. The van der Waals surface area contributed by atoms with E-state index in [9.17, 15) is 25.1 Å². The van der Waals surface area contributed by atoms with Crippen molar-refractivity contribution in [2.24, 2.45) is 22.9 Å². The summed E-state index contributed by atoms with van der Waals surface area (Å²) in [6.45, 7) is 7.98. The second kappa shape index (κ2) is 20.4. The van der Waals surface area contributed by atoms with Gasteiger partial charge in [-0.25, -0.2) is 4.79 Å². The maximum atomic E-state index is 14.4. The number of aliphatic hydroxyl groups excluding tert-OH is 2. The highest BCUT2D eigenvalue weighted by atomic mass is 16.7. The number of ether oxygens (including phenoxy) is 6. The van der Waals surface area contributed by atoms with Crippen LogP contribution in [0.15, 0.2) is 90.1 Å². The number of hydrogen-bond donors (Lipinski definition) is 2. The lowest BCUT2D eigenvalue weighted by Gasteiger charge is -2.59. The summed E-state index contributed by atoms with van der Waals surface area (Å²) in [6, 6.07) is 16.8. The molecule has 2 N–H and O–H groups in total. The molecule has 342 valence electrons. The number of nitro benzene ring substituents is 1. The number of unbranched alkanes of at least 4 members (excludes halogenated alkanes) is 2. The Bertz CT molecular complexity index is 2190. The molecule has 3 aromatic rings. The molecule has 16 nitrogen and oxygen atoms in total. The van der Waals surface area contributed by atoms with Crippen molar-refractivity contribution in [3.05, 3.63) is 112 Å². The van der Waals surface area contributed by atoms with E-state index >= 15 is 0 Å². The van der Waals surface area contributed by atoms with Crippen LogP contribution in [0.3, 0.4) is 0 Å². The van der Waals surface area contributed by atoms with Crippen molar-refractivity contribution in [1.82, 2.24) is 9.80 Å². The molecule has 3 aliphatic heterocycles. The van der Waals surface area contributed by atoms with Gasteiger partial charge in [-0.1, -0.05) is 36.2 Å². The van der Waals surface area contributed by atoms with Gasteiger partial charge in [0.05, 0.1) is 30.3 Å². The van der Waals surface area contributed by atoms with Crippen molar-refractivity contribution < 1.29 is 53.2 Å². The van der Waals surface area contributed by atoms with Crippen molar-refractivity contribution in [1.29, 1.82) is 0 Å². The monoisotopic (exact) mass is 882 g/mol. The Morgan fingerprint density at radius 1 is 1.00 bits per heavy atom. The third kappa shape index (κ3) is 9.70. The first kappa shape index (κ1) is 44.9. The number of amides is 1. The number of aliphatic hydroxyl groups is 2. The molecule has 6 atom stereocenters. The Kier molecular flexibility index (Phi) is 14.3. The van der Waals surface area contributed by atoms with E-state index in [0.29, 0.717) is 48.0 Å². The van der Waals surface area contributed by atoms with Crippen molar-refractivity contribution in [2.45, 2.75) is 75.8 Å². The molecular weight excluding hydrogens is 825 g/mol. The SMILES string of the molecule is C=CCO[C@@]12Oc3ccc(OCCN4CC4)cc3[C@H]3[C@H](CCCCO)[C@@H](CCCCO)C=C(C(=NOCc4ccc([N+](=O)[O-])cc4)C[C@@H]1N(Cc1ccc4c(c1)OCO4)C(=O)OC)[C@H]32. The Hall–Kier alpha value is -5.68. The van der Waals surface area contributed by atoms with Gasteiger partial charge in [0, 0.05) is 69.4 Å². The highest BCUT2D eigenvalue weighted by molar-refractivity contribution is 6.03. The predicted molar refractivity (Wildman–Crippen MR) is 235 cm³/mol. The summed E-state index contributed by atoms with van der Waals surface area (Å²) in [5.74, 6) is 0.235. The molecule has 3 aromatic carbocycles. The van der Waals surface area contributed by atoms with Gasteiger partial charge in [0.15, 0.2) is 11.5 Å². The molecule has 3 heterocycles. The van der Waals surface area contributed by atoms with Gasteiger partial charge >= 0.3 is 6.09 Å². The van der Waals surface area contributed by atoms with Gasteiger partial charge in [-0.3, -0.25) is 19.9 Å². The Balaban J connectivity index is 1.29. The van der Waals surface area contributed by atoms with E-state index in [1.54, 1.807) is 23.1 Å². The van der Waals surface area contributed by atoms with Gasteiger partial charge in [0.1, 0.15) is 30.8 Å². The van der Waals surface area contributed by atoms with Crippen LogP contribution in [0.4, 0.5) is 10.5 Å². The molecule has 1 saturated carbocycles. The Labute approximate surface area is 373 Å². The van der Waals surface area contributed by atoms with Crippen LogP contribution in [0.25, 0.3) is 0 Å². The summed E-state index contributed by atoms with van der Waals surface area (Å²) in [7, 11) is 1.35. The lowest BCUT2D eigenvalue weighted by Crippen LogP contribution is -2.70. The van der Waals surface area contributed by atoms with E-state index in [1.807, 2.05) is 30.3 Å². The van der Waals surface area contributed by atoms with E-state index in [4.69, 9.17) is 38.4 Å². The minimum absolute atomic E-state index is 0.0163. The first-order valence-electron chi connectivity index (χ1n) is 22.3. The highest BCUT2D eigenvalue weighted by Crippen LogP contribution is 2.62. The van der Waals surface area contributed by atoms with Crippen molar-refractivity contribution >= 4 is 17.5 Å². The third-order valence-electron chi connectivity index (χ3n) is 13.0. The number of allylic oxidation sites excluding steroid dienone is 1. The molecule has 0 radical (unpaired) electrons. The lowest BCUT2D eigenvalue weighted by molar-refractivity contribution is -0.384. The standard InChI is InChI=1S/C48H58N4O12/c1-3-23-62-48-44(51(47(55)58-2)29-33-12-16-42-43(25-33)61-31-60-42)28-40(49-63-30-32-10-13-35(14-11-32)52(56)57)38-26-34(8-4-6-21-53)37(9-5-7-22-54)45(46(38)48)39-27-36(15-17-41(39)64-48)59-24-20-50-18-19-50/h3,10-17,25-27,34,37,44-46,53-54H,1,4-9,18-24,28-31H2,2H3/t34-,37+,44-,45+,46+,48+/m0/s1. The molecule has 1 saturated heterocycles. The number of non-ortho nitro benzene ring substituents is 1. The number of hydrogen-bond acceptors (Lipinski definition) is 14. The molecule has 8 rings (SSSR count). The van der Waals surface area contributed by atoms with Gasteiger partial charge in [-0.2, -0.15) is 0 Å². The third-order valence-corrected chi connectivity index (χ3v) is 13.0. The Morgan fingerprint density at radius 3 is 2.48 bits per heavy atom. The van der Waals surface area contributed by atoms with E-state index in [0.717, 1.165) is 67.8 Å². The fourth-order valence-electron chi connectivity index (χ4n) is 9.88. The topological polar surface area (TPSA) is 184 Å². The van der Waals surface area contributed by atoms with Crippen molar-refractivity contribution in [3.63, 3.8) is 0 Å². The number of fused-ring (bicyclic) bond motifs is 3. The van der Waals surface area contributed by atoms with E-state index in [-0.39, 0.29) is 69.6 Å². The van der Waals surface area contributed by atoms with Gasteiger partial charge in [0.25, 0.3) is 5.69 Å². The molecule has 2 aliphatic carbocycles. The summed E-state index contributed by atoms with van der Waals surface area (Å²) < 4.78 is 37.7. The van der Waals surface area contributed by atoms with Crippen LogP contribution in [0.2, 0.25) is 0 Å². The zero-order chi connectivity index (χ0) is 44.6. The zero-order valence-electron chi connectivity index (χ0n) is 36.3. The number of benzene rings is 3. The molecule has 5 aliphatic rings. The van der Waals surface area contributed by atoms with Crippen LogP contribution in [0.1, 0.15) is 67.6 Å². The van der Waals surface area contributed by atoms with Crippen LogP contribution in [-0.4, -0.2) is 109 Å². The number of rotatable bonds is 22. The largest absolute Gasteiger partial charge is 0.492 e. The first-order chi connectivity index (χ1) is 31.3. The highest BCUT2D eigenvalue weighted by Gasteiger charge is 2.65. The van der Waals surface area contributed by atoms with Crippen LogP contribution in [0.5, 0.6) is 23.0 Å².